The Bertz CT molecular complexity index is 679. The van der Waals surface area contributed by atoms with Crippen LogP contribution < -0.4 is 0 Å². The van der Waals surface area contributed by atoms with Crippen LogP contribution in [-0.2, 0) is 16.8 Å². The molecule has 1 aromatic heterocycles. The number of hydrogen-bond donors (Lipinski definition) is 0. The van der Waals surface area contributed by atoms with Crippen molar-refractivity contribution in [1.29, 1.82) is 0 Å². The van der Waals surface area contributed by atoms with Gasteiger partial charge in [0.15, 0.2) is 0 Å². The fourth-order valence-electron chi connectivity index (χ4n) is 3.56. The highest BCUT2D eigenvalue weighted by molar-refractivity contribution is 5.89. The van der Waals surface area contributed by atoms with Gasteiger partial charge in [0.25, 0.3) is 0 Å². The molecule has 0 aliphatic carbocycles. The van der Waals surface area contributed by atoms with Crippen molar-refractivity contribution in [3.8, 4) is 0 Å². The molecular weight excluding hydrogens is 274 g/mol. The van der Waals surface area contributed by atoms with Crippen LogP contribution in [0.25, 0.3) is 0 Å². The lowest BCUT2D eigenvalue weighted by atomic mass is 9.83. The average molecular weight is 297 g/mol. The Morgan fingerprint density at radius 2 is 1.91 bits per heavy atom. The summed E-state index contributed by atoms with van der Waals surface area (Å²) in [7, 11) is 0. The number of amides is 1. The molecule has 1 aliphatic rings. The molecule has 1 fully saturated rings. The smallest absolute Gasteiger partial charge is 0.233 e. The molecular formula is C19H23NO2. The maximum Gasteiger partial charge on any atom is 0.233 e. The van der Waals surface area contributed by atoms with Crippen molar-refractivity contribution >= 4 is 5.91 Å². The zero-order chi connectivity index (χ0) is 15.9. The van der Waals surface area contributed by atoms with Crippen LogP contribution in [0.15, 0.2) is 35.1 Å². The topological polar surface area (TPSA) is 33.5 Å². The Morgan fingerprint density at radius 1 is 1.23 bits per heavy atom. The molecule has 0 bridgehead atoms. The largest absolute Gasteiger partial charge is 0.472 e. The van der Waals surface area contributed by atoms with Crippen LogP contribution in [0.3, 0.4) is 0 Å². The molecule has 2 aromatic rings. The third-order valence-corrected chi connectivity index (χ3v) is 4.99. The zero-order valence-corrected chi connectivity index (χ0v) is 13.8. The van der Waals surface area contributed by atoms with Crippen LogP contribution in [-0.4, -0.2) is 17.4 Å². The maximum absolute atomic E-state index is 12.9. The minimum Gasteiger partial charge on any atom is -0.472 e. The Labute approximate surface area is 131 Å². The molecule has 1 amide bonds. The van der Waals surface area contributed by atoms with Crippen molar-refractivity contribution in [2.75, 3.05) is 6.54 Å². The highest BCUT2D eigenvalue weighted by Crippen LogP contribution is 2.36. The molecule has 3 heteroatoms. The Morgan fingerprint density at radius 3 is 2.50 bits per heavy atom. The molecule has 0 saturated carbocycles. The Balaban J connectivity index is 1.85. The highest BCUT2D eigenvalue weighted by atomic mass is 16.3. The summed E-state index contributed by atoms with van der Waals surface area (Å²) in [6.45, 7) is 9.89. The summed E-state index contributed by atoms with van der Waals surface area (Å²) in [5.41, 5.74) is 5.62. The summed E-state index contributed by atoms with van der Waals surface area (Å²) in [5.74, 6) is 0.202. The molecule has 3 rings (SSSR count). The second-order valence-corrected chi connectivity index (χ2v) is 6.70. The summed E-state index contributed by atoms with van der Waals surface area (Å²) in [6.07, 6.45) is 4.18. The van der Waals surface area contributed by atoms with Crippen LogP contribution >= 0.6 is 0 Å². The van der Waals surface area contributed by atoms with Gasteiger partial charge in [-0.05, 0) is 56.9 Å². The number of furan rings is 1. The van der Waals surface area contributed by atoms with E-state index in [2.05, 4.69) is 32.9 Å². The van der Waals surface area contributed by atoms with E-state index < -0.39 is 5.41 Å². The monoisotopic (exact) mass is 297 g/mol. The minimum atomic E-state index is -0.445. The van der Waals surface area contributed by atoms with Gasteiger partial charge in [-0.2, -0.15) is 0 Å². The first-order valence-corrected chi connectivity index (χ1v) is 7.80. The second kappa shape index (κ2) is 5.31. The van der Waals surface area contributed by atoms with Gasteiger partial charge in [0.2, 0.25) is 5.91 Å². The van der Waals surface area contributed by atoms with E-state index >= 15 is 0 Å². The quantitative estimate of drug-likeness (QED) is 0.861. The predicted molar refractivity (Wildman–Crippen MR) is 86.7 cm³/mol. The molecule has 0 unspecified atom stereocenters. The van der Waals surface area contributed by atoms with Gasteiger partial charge in [-0.1, -0.05) is 17.7 Å². The van der Waals surface area contributed by atoms with Crippen LogP contribution in [0, 0.1) is 20.8 Å². The van der Waals surface area contributed by atoms with Crippen molar-refractivity contribution in [2.24, 2.45) is 0 Å². The molecule has 1 aliphatic heterocycles. The fraction of sp³-hybridized carbons (Fsp3) is 0.421. The lowest BCUT2D eigenvalue weighted by Crippen LogP contribution is -2.35. The van der Waals surface area contributed by atoms with Crippen LogP contribution in [0.2, 0.25) is 0 Å². The number of rotatable bonds is 3. The number of benzene rings is 1. The van der Waals surface area contributed by atoms with E-state index in [1.54, 1.807) is 12.5 Å². The van der Waals surface area contributed by atoms with Crippen LogP contribution in [0.5, 0.6) is 0 Å². The first kappa shape index (κ1) is 14.9. The zero-order valence-electron chi connectivity index (χ0n) is 13.8. The molecule has 0 spiro atoms. The highest BCUT2D eigenvalue weighted by Gasteiger charge is 2.44. The molecule has 116 valence electrons. The first-order valence-electron chi connectivity index (χ1n) is 7.80. The minimum absolute atomic E-state index is 0.202. The Hall–Kier alpha value is -2.03. The molecule has 0 N–H and O–H groups in total. The van der Waals surface area contributed by atoms with Gasteiger partial charge < -0.3 is 9.32 Å². The standard InChI is InChI=1S/C19H23NO2/c1-13-9-14(2)17(15(3)10-13)11-20-7-6-19(4,18(20)21)16-5-8-22-12-16/h5,8-10,12H,6-7,11H2,1-4H3/t19-/m0/s1. The molecule has 1 aromatic carbocycles. The lowest BCUT2D eigenvalue weighted by molar-refractivity contribution is -0.132. The molecule has 1 saturated heterocycles. The van der Waals surface area contributed by atoms with Gasteiger partial charge in [-0.3, -0.25) is 4.79 Å². The van der Waals surface area contributed by atoms with Crippen molar-refractivity contribution in [3.05, 3.63) is 58.5 Å². The Kier molecular flexibility index (Phi) is 3.59. The lowest BCUT2D eigenvalue weighted by Gasteiger charge is -2.24. The van der Waals surface area contributed by atoms with E-state index in [1.807, 2.05) is 17.9 Å². The van der Waals surface area contributed by atoms with E-state index in [0.29, 0.717) is 6.54 Å². The van der Waals surface area contributed by atoms with Gasteiger partial charge in [-0.15, -0.1) is 0 Å². The van der Waals surface area contributed by atoms with Crippen molar-refractivity contribution in [1.82, 2.24) is 4.90 Å². The normalized spacial score (nSPS) is 21.6. The number of likely N-dealkylation sites (tertiary alicyclic amines) is 1. The molecule has 2 heterocycles. The fourth-order valence-corrected chi connectivity index (χ4v) is 3.56. The SMILES string of the molecule is Cc1cc(C)c(CN2CC[C@@](C)(c3ccoc3)C2=O)c(C)c1. The molecule has 1 atom stereocenters. The third-order valence-electron chi connectivity index (χ3n) is 4.99. The van der Waals surface area contributed by atoms with Gasteiger partial charge in [-0.25, -0.2) is 0 Å². The number of hydrogen-bond acceptors (Lipinski definition) is 2. The van der Waals surface area contributed by atoms with Gasteiger partial charge in [0.05, 0.1) is 17.9 Å². The van der Waals surface area contributed by atoms with E-state index in [0.717, 1.165) is 18.5 Å². The first-order chi connectivity index (χ1) is 10.4. The molecule has 22 heavy (non-hydrogen) atoms. The van der Waals surface area contributed by atoms with E-state index in [9.17, 15) is 4.79 Å². The average Bonchev–Trinajstić information content (AvgIpc) is 3.07. The summed E-state index contributed by atoms with van der Waals surface area (Å²) in [6, 6.07) is 6.29. The molecule has 0 radical (unpaired) electrons. The summed E-state index contributed by atoms with van der Waals surface area (Å²) >= 11 is 0. The molecule has 3 nitrogen and oxygen atoms in total. The number of carbonyl (C=O) groups excluding carboxylic acids is 1. The van der Waals surface area contributed by atoms with Gasteiger partial charge in [0.1, 0.15) is 0 Å². The van der Waals surface area contributed by atoms with Crippen molar-refractivity contribution in [3.63, 3.8) is 0 Å². The number of nitrogens with zero attached hydrogens (tertiary/aromatic N) is 1. The van der Waals surface area contributed by atoms with E-state index in [1.165, 1.54) is 22.3 Å². The summed E-state index contributed by atoms with van der Waals surface area (Å²) < 4.78 is 5.17. The predicted octanol–water partition coefficient (Wildman–Crippen LogP) is 3.90. The van der Waals surface area contributed by atoms with Crippen molar-refractivity contribution < 1.29 is 9.21 Å². The third kappa shape index (κ3) is 2.35. The van der Waals surface area contributed by atoms with Gasteiger partial charge >= 0.3 is 0 Å². The van der Waals surface area contributed by atoms with Gasteiger partial charge in [0, 0.05) is 18.7 Å². The van der Waals surface area contributed by atoms with E-state index in [4.69, 9.17) is 4.42 Å². The summed E-state index contributed by atoms with van der Waals surface area (Å²) in [4.78, 5) is 14.9. The van der Waals surface area contributed by atoms with Crippen LogP contribution in [0.1, 0.15) is 41.2 Å². The van der Waals surface area contributed by atoms with Crippen molar-refractivity contribution in [2.45, 2.75) is 46.1 Å². The van der Waals surface area contributed by atoms with E-state index in [-0.39, 0.29) is 5.91 Å². The number of aryl methyl sites for hydroxylation is 3. The van der Waals surface area contributed by atoms with Crippen LogP contribution in [0.4, 0.5) is 0 Å². The maximum atomic E-state index is 12.9. The number of carbonyl (C=O) groups is 1. The second-order valence-electron chi connectivity index (χ2n) is 6.70. The summed E-state index contributed by atoms with van der Waals surface area (Å²) in [5, 5.41) is 0.